The second-order valence-electron chi connectivity index (χ2n) is 5.21. The maximum atomic E-state index is 12.3. The molecule has 3 rings (SSSR count). The molecule has 5 heteroatoms. The Morgan fingerprint density at radius 3 is 3.05 bits per heavy atom. The molecule has 1 N–H and O–H groups in total. The van der Waals surface area contributed by atoms with Crippen LogP contribution >= 0.6 is 0 Å². The Kier molecular flexibility index (Phi) is 4.23. The fourth-order valence-electron chi connectivity index (χ4n) is 2.60. The number of nitrogens with zero attached hydrogens (tertiary/aromatic N) is 2. The first-order valence-corrected chi connectivity index (χ1v) is 7.47. The molecule has 5 nitrogen and oxygen atoms in total. The number of nitrogens with one attached hydrogen (secondary N) is 1. The maximum absolute atomic E-state index is 12.3. The lowest BCUT2D eigenvalue weighted by Crippen LogP contribution is -2.38. The van der Waals surface area contributed by atoms with E-state index in [2.05, 4.69) is 16.4 Å². The van der Waals surface area contributed by atoms with E-state index in [0.717, 1.165) is 17.7 Å². The van der Waals surface area contributed by atoms with Crippen LogP contribution < -0.4 is 10.1 Å². The van der Waals surface area contributed by atoms with Crippen LogP contribution in [0.1, 0.15) is 18.1 Å². The number of fused-ring (bicyclic) bond motifs is 1. The van der Waals surface area contributed by atoms with E-state index in [1.165, 1.54) is 5.56 Å². The molecule has 0 unspecified atom stereocenters. The van der Waals surface area contributed by atoms with Crippen molar-refractivity contribution in [3.05, 3.63) is 53.9 Å². The van der Waals surface area contributed by atoms with Gasteiger partial charge in [0.15, 0.2) is 0 Å². The Bertz CT molecular complexity index is 658. The quantitative estimate of drug-likeness (QED) is 0.947. The van der Waals surface area contributed by atoms with Gasteiger partial charge in [0.2, 0.25) is 0 Å². The number of urea groups is 1. The summed E-state index contributed by atoms with van der Waals surface area (Å²) in [6, 6.07) is 9.65. The Labute approximate surface area is 129 Å². The van der Waals surface area contributed by atoms with Crippen LogP contribution in [0.3, 0.4) is 0 Å². The van der Waals surface area contributed by atoms with Crippen LogP contribution in [-0.4, -0.2) is 29.1 Å². The summed E-state index contributed by atoms with van der Waals surface area (Å²) < 4.78 is 5.54. The molecule has 2 heterocycles. The fraction of sp³-hybridized carbons (Fsp3) is 0.294. The number of ether oxygens (including phenoxy) is 1. The van der Waals surface area contributed by atoms with Gasteiger partial charge in [0.05, 0.1) is 18.5 Å². The van der Waals surface area contributed by atoms with Crippen molar-refractivity contribution < 1.29 is 9.53 Å². The zero-order chi connectivity index (χ0) is 15.4. The van der Waals surface area contributed by atoms with Gasteiger partial charge in [-0.25, -0.2) is 4.79 Å². The van der Waals surface area contributed by atoms with Crippen LogP contribution in [-0.2, 0) is 13.0 Å². The van der Waals surface area contributed by atoms with Gasteiger partial charge in [-0.2, -0.15) is 0 Å². The van der Waals surface area contributed by atoms with Gasteiger partial charge in [-0.1, -0.05) is 6.07 Å². The molecular formula is C17H19N3O2. The monoisotopic (exact) mass is 297 g/mol. The molecule has 1 aromatic heterocycles. The average molecular weight is 297 g/mol. The predicted molar refractivity (Wildman–Crippen MR) is 85.0 cm³/mol. The van der Waals surface area contributed by atoms with E-state index in [1.54, 1.807) is 18.5 Å². The molecule has 0 bridgehead atoms. The number of aromatic nitrogens is 1. The molecule has 0 fully saturated rings. The van der Waals surface area contributed by atoms with E-state index in [9.17, 15) is 4.79 Å². The van der Waals surface area contributed by atoms with Crippen molar-refractivity contribution in [2.24, 2.45) is 0 Å². The molecule has 0 spiro atoms. The van der Waals surface area contributed by atoms with Gasteiger partial charge in [-0.3, -0.25) is 4.98 Å². The number of amides is 2. The smallest absolute Gasteiger partial charge is 0.322 e. The summed E-state index contributed by atoms with van der Waals surface area (Å²) in [6.45, 7) is 3.92. The molecule has 2 amide bonds. The number of benzene rings is 1. The molecule has 1 aliphatic rings. The Morgan fingerprint density at radius 2 is 2.27 bits per heavy atom. The predicted octanol–water partition coefficient (Wildman–Crippen LogP) is 3.07. The van der Waals surface area contributed by atoms with Gasteiger partial charge in [-0.05, 0) is 48.7 Å². The topological polar surface area (TPSA) is 54.5 Å². The molecule has 0 radical (unpaired) electrons. The first kappa shape index (κ1) is 14.4. The molecule has 1 aliphatic heterocycles. The Hall–Kier alpha value is -2.56. The normalized spacial score (nSPS) is 13.4. The molecule has 1 aromatic carbocycles. The number of hydrogen-bond acceptors (Lipinski definition) is 3. The minimum Gasteiger partial charge on any atom is -0.494 e. The second-order valence-corrected chi connectivity index (χ2v) is 5.21. The van der Waals surface area contributed by atoms with E-state index >= 15 is 0 Å². The zero-order valence-electron chi connectivity index (χ0n) is 12.6. The van der Waals surface area contributed by atoms with Crippen molar-refractivity contribution in [1.82, 2.24) is 9.88 Å². The fourth-order valence-corrected chi connectivity index (χ4v) is 2.60. The summed E-state index contributed by atoms with van der Waals surface area (Å²) in [7, 11) is 0. The van der Waals surface area contributed by atoms with E-state index in [4.69, 9.17) is 4.74 Å². The van der Waals surface area contributed by atoms with Crippen molar-refractivity contribution in [3.63, 3.8) is 0 Å². The highest BCUT2D eigenvalue weighted by Gasteiger charge is 2.21. The zero-order valence-corrected chi connectivity index (χ0v) is 12.6. The van der Waals surface area contributed by atoms with E-state index in [-0.39, 0.29) is 6.03 Å². The summed E-state index contributed by atoms with van der Waals surface area (Å²) in [6.07, 6.45) is 4.19. The number of rotatable bonds is 3. The SMILES string of the molecule is CCOc1ccc2c(c1)CN(C(=O)Nc1cccnc1)CC2. The molecule has 114 valence electrons. The van der Waals surface area contributed by atoms with Gasteiger partial charge in [0.25, 0.3) is 0 Å². The highest BCUT2D eigenvalue weighted by atomic mass is 16.5. The molecule has 0 saturated heterocycles. The summed E-state index contributed by atoms with van der Waals surface area (Å²) in [5.41, 5.74) is 3.15. The molecule has 22 heavy (non-hydrogen) atoms. The van der Waals surface area contributed by atoms with E-state index < -0.39 is 0 Å². The third kappa shape index (κ3) is 3.19. The number of anilines is 1. The third-order valence-corrected chi connectivity index (χ3v) is 3.70. The van der Waals surface area contributed by atoms with Crippen LogP contribution in [0, 0.1) is 0 Å². The van der Waals surface area contributed by atoms with Crippen LogP contribution in [0.4, 0.5) is 10.5 Å². The highest BCUT2D eigenvalue weighted by Crippen LogP contribution is 2.24. The summed E-state index contributed by atoms with van der Waals surface area (Å²) in [5, 5.41) is 2.88. The van der Waals surface area contributed by atoms with Crippen molar-refractivity contribution in [1.29, 1.82) is 0 Å². The Morgan fingerprint density at radius 1 is 1.36 bits per heavy atom. The van der Waals surface area contributed by atoms with Crippen molar-refractivity contribution >= 4 is 11.7 Å². The van der Waals surface area contributed by atoms with Gasteiger partial charge >= 0.3 is 6.03 Å². The number of hydrogen-bond donors (Lipinski definition) is 1. The number of pyridine rings is 1. The first-order valence-electron chi connectivity index (χ1n) is 7.47. The number of carbonyl (C=O) groups is 1. The summed E-state index contributed by atoms with van der Waals surface area (Å²) in [4.78, 5) is 18.2. The van der Waals surface area contributed by atoms with Crippen LogP contribution in [0.15, 0.2) is 42.7 Å². The van der Waals surface area contributed by atoms with Crippen molar-refractivity contribution in [3.8, 4) is 5.75 Å². The first-order chi connectivity index (χ1) is 10.8. The van der Waals surface area contributed by atoms with Gasteiger partial charge < -0.3 is 15.0 Å². The van der Waals surface area contributed by atoms with Crippen LogP contribution in [0.5, 0.6) is 5.75 Å². The molecule has 0 aliphatic carbocycles. The maximum Gasteiger partial charge on any atom is 0.322 e. The van der Waals surface area contributed by atoms with E-state index in [1.807, 2.05) is 30.0 Å². The number of carbonyl (C=O) groups excluding carboxylic acids is 1. The highest BCUT2D eigenvalue weighted by molar-refractivity contribution is 5.89. The lowest BCUT2D eigenvalue weighted by Gasteiger charge is -2.29. The van der Waals surface area contributed by atoms with Gasteiger partial charge in [0.1, 0.15) is 5.75 Å². The van der Waals surface area contributed by atoms with Crippen molar-refractivity contribution in [2.75, 3.05) is 18.5 Å². The molecular weight excluding hydrogens is 278 g/mol. The summed E-state index contributed by atoms with van der Waals surface area (Å²) >= 11 is 0. The molecule has 0 saturated carbocycles. The minimum atomic E-state index is -0.0968. The van der Waals surface area contributed by atoms with Crippen LogP contribution in [0.2, 0.25) is 0 Å². The lowest BCUT2D eigenvalue weighted by atomic mass is 10.00. The largest absolute Gasteiger partial charge is 0.494 e. The molecule has 2 aromatic rings. The summed E-state index contributed by atoms with van der Waals surface area (Å²) in [5.74, 6) is 0.857. The van der Waals surface area contributed by atoms with E-state index in [0.29, 0.717) is 25.4 Å². The van der Waals surface area contributed by atoms with Gasteiger partial charge in [-0.15, -0.1) is 0 Å². The van der Waals surface area contributed by atoms with Gasteiger partial charge in [0, 0.05) is 19.3 Å². The standard InChI is InChI=1S/C17H19N3O2/c1-2-22-16-6-5-13-7-9-20(12-14(13)10-16)17(21)19-15-4-3-8-18-11-15/h3-6,8,10-11H,2,7,9,12H2,1H3,(H,19,21). The minimum absolute atomic E-state index is 0.0968. The lowest BCUT2D eigenvalue weighted by molar-refractivity contribution is 0.206. The third-order valence-electron chi connectivity index (χ3n) is 3.70. The average Bonchev–Trinajstić information content (AvgIpc) is 2.55. The molecule has 0 atom stereocenters. The second kappa shape index (κ2) is 6.47. The van der Waals surface area contributed by atoms with Crippen molar-refractivity contribution in [2.45, 2.75) is 19.9 Å². The Balaban J connectivity index is 1.70. The van der Waals surface area contributed by atoms with Crippen LogP contribution in [0.25, 0.3) is 0 Å².